The second-order valence-corrected chi connectivity index (χ2v) is 6.03. The van der Waals surface area contributed by atoms with Gasteiger partial charge in [0.2, 0.25) is 5.78 Å². The lowest BCUT2D eigenvalue weighted by molar-refractivity contribution is 0.0312. The van der Waals surface area contributed by atoms with Gasteiger partial charge in [-0.3, -0.25) is 4.79 Å². The van der Waals surface area contributed by atoms with E-state index in [0.717, 1.165) is 6.07 Å². The van der Waals surface area contributed by atoms with Gasteiger partial charge in [-0.2, -0.15) is 0 Å². The van der Waals surface area contributed by atoms with Crippen molar-refractivity contribution >= 4 is 29.3 Å². The van der Waals surface area contributed by atoms with E-state index in [1.54, 1.807) is 13.8 Å². The van der Waals surface area contributed by atoms with E-state index in [1.165, 1.54) is 26.2 Å². The minimum atomic E-state index is -1.22. The van der Waals surface area contributed by atoms with Gasteiger partial charge in [0.15, 0.2) is 6.10 Å². The zero-order valence-electron chi connectivity index (χ0n) is 14.6. The fraction of sp³-hybridized carbons (Fsp3) is 0.278. The van der Waals surface area contributed by atoms with Gasteiger partial charge in [0.05, 0.1) is 23.4 Å². The number of hydrogen-bond donors (Lipinski definition) is 1. The number of rotatable bonds is 5. The van der Waals surface area contributed by atoms with Crippen molar-refractivity contribution in [3.05, 3.63) is 57.1 Å². The average molecular weight is 382 g/mol. The monoisotopic (exact) mass is 381 g/mol. The predicted octanol–water partition coefficient (Wildman–Crippen LogP) is 3.64. The second-order valence-electron chi connectivity index (χ2n) is 5.63. The molecule has 0 spiro atoms. The van der Waals surface area contributed by atoms with Crippen molar-refractivity contribution in [3.63, 3.8) is 0 Å². The van der Waals surface area contributed by atoms with E-state index in [9.17, 15) is 18.8 Å². The molecule has 1 N–H and O–H groups in total. The molecular weight excluding hydrogens is 365 g/mol. The summed E-state index contributed by atoms with van der Waals surface area (Å²) in [7, 11) is 1.23. The Labute approximate surface area is 154 Å². The molecule has 0 saturated heterocycles. The van der Waals surface area contributed by atoms with Crippen LogP contribution in [0.15, 0.2) is 18.2 Å². The molecule has 0 aliphatic heterocycles. The Bertz CT molecular complexity index is 870. The van der Waals surface area contributed by atoms with E-state index < -0.39 is 35.2 Å². The summed E-state index contributed by atoms with van der Waals surface area (Å²) in [5, 5.41) is -0.116. The summed E-state index contributed by atoms with van der Waals surface area (Å²) in [5.74, 6) is -3.05. The van der Waals surface area contributed by atoms with E-state index in [-0.39, 0.29) is 16.3 Å². The first-order valence-electron chi connectivity index (χ1n) is 7.65. The molecule has 0 saturated carbocycles. The molecule has 6 nitrogen and oxygen atoms in total. The van der Waals surface area contributed by atoms with Gasteiger partial charge in [-0.05, 0) is 38.5 Å². The molecule has 1 atom stereocenters. The molecule has 8 heteroatoms. The summed E-state index contributed by atoms with van der Waals surface area (Å²) in [5.41, 5.74) is 0.748. The van der Waals surface area contributed by atoms with Crippen molar-refractivity contribution in [1.82, 2.24) is 4.98 Å². The molecule has 0 amide bonds. The van der Waals surface area contributed by atoms with Crippen molar-refractivity contribution in [2.75, 3.05) is 7.11 Å². The van der Waals surface area contributed by atoms with Crippen LogP contribution in [0.5, 0.6) is 0 Å². The topological polar surface area (TPSA) is 85.5 Å². The van der Waals surface area contributed by atoms with Gasteiger partial charge in [0.25, 0.3) is 0 Å². The number of ether oxygens (including phenoxy) is 2. The Morgan fingerprint density at radius 3 is 2.38 bits per heavy atom. The molecule has 1 aromatic carbocycles. The number of esters is 2. The highest BCUT2D eigenvalue weighted by atomic mass is 35.5. The highest BCUT2D eigenvalue weighted by molar-refractivity contribution is 6.33. The van der Waals surface area contributed by atoms with Gasteiger partial charge < -0.3 is 14.5 Å². The lowest BCUT2D eigenvalue weighted by Crippen LogP contribution is -2.26. The first kappa shape index (κ1) is 19.7. The van der Waals surface area contributed by atoms with E-state index in [1.807, 2.05) is 0 Å². The van der Waals surface area contributed by atoms with Crippen LogP contribution in [0.1, 0.15) is 49.4 Å². The van der Waals surface area contributed by atoms with Gasteiger partial charge in [-0.1, -0.05) is 17.7 Å². The number of aryl methyl sites for hydroxylation is 1. The highest BCUT2D eigenvalue weighted by Crippen LogP contribution is 2.23. The number of benzene rings is 1. The number of carbonyl (C=O) groups excluding carboxylic acids is 3. The van der Waals surface area contributed by atoms with Gasteiger partial charge in [0, 0.05) is 5.69 Å². The van der Waals surface area contributed by atoms with Crippen LogP contribution >= 0.6 is 11.6 Å². The van der Waals surface area contributed by atoms with Crippen LogP contribution in [0.4, 0.5) is 4.39 Å². The van der Waals surface area contributed by atoms with E-state index in [0.29, 0.717) is 11.3 Å². The van der Waals surface area contributed by atoms with E-state index >= 15 is 0 Å². The summed E-state index contributed by atoms with van der Waals surface area (Å²) >= 11 is 5.82. The second kappa shape index (κ2) is 7.70. The van der Waals surface area contributed by atoms with Crippen LogP contribution in [-0.2, 0) is 9.47 Å². The molecule has 1 aromatic heterocycles. The summed E-state index contributed by atoms with van der Waals surface area (Å²) in [6, 6.07) is 3.76. The molecule has 138 valence electrons. The van der Waals surface area contributed by atoms with Gasteiger partial charge >= 0.3 is 11.9 Å². The number of Topliss-reactive ketones (excluding diaryl/α,β-unsaturated/α-hetero) is 1. The van der Waals surface area contributed by atoms with Crippen molar-refractivity contribution in [3.8, 4) is 0 Å². The van der Waals surface area contributed by atoms with Crippen molar-refractivity contribution in [2.24, 2.45) is 0 Å². The van der Waals surface area contributed by atoms with Crippen LogP contribution in [0.3, 0.4) is 0 Å². The molecule has 1 heterocycles. The number of ketones is 1. The number of aromatic amines is 1. The molecule has 26 heavy (non-hydrogen) atoms. The zero-order valence-corrected chi connectivity index (χ0v) is 15.4. The van der Waals surface area contributed by atoms with Crippen molar-refractivity contribution < 1.29 is 28.2 Å². The molecular formula is C18H17ClFNO5. The Morgan fingerprint density at radius 2 is 1.81 bits per heavy atom. The lowest BCUT2D eigenvalue weighted by Gasteiger charge is -2.13. The zero-order chi connectivity index (χ0) is 19.6. The lowest BCUT2D eigenvalue weighted by atomic mass is 10.1. The molecule has 0 unspecified atom stereocenters. The third-order valence-electron chi connectivity index (χ3n) is 3.89. The quantitative estimate of drug-likeness (QED) is 0.631. The summed E-state index contributed by atoms with van der Waals surface area (Å²) in [6.07, 6.45) is -1.22. The molecule has 0 fully saturated rings. The molecule has 0 aliphatic carbocycles. The van der Waals surface area contributed by atoms with Crippen LogP contribution in [0, 0.1) is 19.7 Å². The number of aromatic nitrogens is 1. The number of H-pyrrole nitrogens is 1. The number of methoxy groups -OCH3 is 1. The predicted molar refractivity (Wildman–Crippen MR) is 92.2 cm³/mol. The first-order chi connectivity index (χ1) is 12.2. The maximum atomic E-state index is 13.8. The van der Waals surface area contributed by atoms with E-state index in [4.69, 9.17) is 16.3 Å². The molecule has 2 rings (SSSR count). The number of carbonyl (C=O) groups is 3. The summed E-state index contributed by atoms with van der Waals surface area (Å²) in [6.45, 7) is 4.54. The maximum Gasteiger partial charge on any atom is 0.343 e. The van der Waals surface area contributed by atoms with Gasteiger partial charge in [0.1, 0.15) is 11.4 Å². The Balaban J connectivity index is 2.26. The molecule has 0 bridgehead atoms. The van der Waals surface area contributed by atoms with E-state index in [2.05, 4.69) is 9.72 Å². The Kier molecular flexibility index (Phi) is 5.82. The van der Waals surface area contributed by atoms with Crippen molar-refractivity contribution in [2.45, 2.75) is 26.9 Å². The largest absolute Gasteiger partial charge is 0.465 e. The Hall–Kier alpha value is -2.67. The number of hydrogen-bond acceptors (Lipinski definition) is 5. The molecule has 0 radical (unpaired) electrons. The fourth-order valence-corrected chi connectivity index (χ4v) is 2.81. The summed E-state index contributed by atoms with van der Waals surface area (Å²) in [4.78, 5) is 39.4. The standard InChI is InChI=1S/C18H17ClFNO5/c1-8-13(17(23)25-4)9(2)21-15(8)16(22)10(3)26-18(24)14-11(19)6-5-7-12(14)20/h5-7,10,21H,1-4H3/t10-/m1/s1. The smallest absolute Gasteiger partial charge is 0.343 e. The summed E-state index contributed by atoms with van der Waals surface area (Å²) < 4.78 is 23.5. The first-order valence-corrected chi connectivity index (χ1v) is 8.03. The fourth-order valence-electron chi connectivity index (χ4n) is 2.57. The highest BCUT2D eigenvalue weighted by Gasteiger charge is 2.28. The van der Waals surface area contributed by atoms with Crippen molar-refractivity contribution in [1.29, 1.82) is 0 Å². The SMILES string of the molecule is COC(=O)c1c(C)[nH]c(C(=O)[C@@H](C)OC(=O)c2c(F)cccc2Cl)c1C. The average Bonchev–Trinajstić information content (AvgIpc) is 2.87. The third kappa shape index (κ3) is 3.62. The van der Waals surface area contributed by atoms with Crippen LogP contribution in [0.25, 0.3) is 0 Å². The van der Waals surface area contributed by atoms with Gasteiger partial charge in [-0.15, -0.1) is 0 Å². The third-order valence-corrected chi connectivity index (χ3v) is 4.21. The minimum absolute atomic E-state index is 0.114. The molecule has 2 aromatic rings. The number of halogens is 2. The number of nitrogens with one attached hydrogen (secondary N) is 1. The molecule has 0 aliphatic rings. The maximum absolute atomic E-state index is 13.8. The van der Waals surface area contributed by atoms with Crippen LogP contribution < -0.4 is 0 Å². The Morgan fingerprint density at radius 1 is 1.15 bits per heavy atom. The van der Waals surface area contributed by atoms with Crippen LogP contribution in [-0.4, -0.2) is 35.9 Å². The van der Waals surface area contributed by atoms with Gasteiger partial charge in [-0.25, -0.2) is 14.0 Å². The van der Waals surface area contributed by atoms with Crippen LogP contribution in [0.2, 0.25) is 5.02 Å². The minimum Gasteiger partial charge on any atom is -0.465 e. The normalized spacial score (nSPS) is 11.8.